The molecule has 0 aliphatic rings. The standard InChI is InChI=1S/C9H10Cl2O/c1-6(12-2)7-3-4-8(10)9(11)5-7/h3-6H,1-2H3/t6-/m0/s1. The fraction of sp³-hybridized carbons (Fsp3) is 0.333. The zero-order chi connectivity index (χ0) is 9.14. The van der Waals surface area contributed by atoms with E-state index < -0.39 is 0 Å². The summed E-state index contributed by atoms with van der Waals surface area (Å²) in [5.74, 6) is 0. The van der Waals surface area contributed by atoms with E-state index in [-0.39, 0.29) is 6.10 Å². The van der Waals surface area contributed by atoms with Crippen LogP contribution >= 0.6 is 23.2 Å². The molecule has 3 heteroatoms. The maximum atomic E-state index is 5.83. The normalized spacial score (nSPS) is 13.0. The minimum absolute atomic E-state index is 0.0553. The first-order valence-electron chi connectivity index (χ1n) is 3.63. The lowest BCUT2D eigenvalue weighted by molar-refractivity contribution is 0.119. The lowest BCUT2D eigenvalue weighted by atomic mass is 10.1. The molecule has 0 N–H and O–H groups in total. The van der Waals surface area contributed by atoms with E-state index in [1.165, 1.54) is 0 Å². The molecule has 1 nitrogen and oxygen atoms in total. The van der Waals surface area contributed by atoms with Gasteiger partial charge in [-0.1, -0.05) is 29.3 Å². The summed E-state index contributed by atoms with van der Waals surface area (Å²) in [7, 11) is 1.66. The van der Waals surface area contributed by atoms with Crippen LogP contribution in [0.25, 0.3) is 0 Å². The number of methoxy groups -OCH3 is 1. The average molecular weight is 205 g/mol. The van der Waals surface area contributed by atoms with Crippen LogP contribution < -0.4 is 0 Å². The molecule has 0 aromatic heterocycles. The number of ether oxygens (including phenoxy) is 1. The second-order valence-corrected chi connectivity index (χ2v) is 3.37. The number of hydrogen-bond donors (Lipinski definition) is 0. The van der Waals surface area contributed by atoms with Gasteiger partial charge in [-0.05, 0) is 24.6 Å². The van der Waals surface area contributed by atoms with Gasteiger partial charge in [-0.2, -0.15) is 0 Å². The molecule has 0 bridgehead atoms. The van der Waals surface area contributed by atoms with Gasteiger partial charge < -0.3 is 4.74 Å². The van der Waals surface area contributed by atoms with Gasteiger partial charge in [0.1, 0.15) is 0 Å². The molecule has 0 spiro atoms. The Labute approximate surface area is 82.2 Å². The molecule has 12 heavy (non-hydrogen) atoms. The summed E-state index contributed by atoms with van der Waals surface area (Å²) in [5, 5.41) is 1.14. The van der Waals surface area contributed by atoms with E-state index in [1.54, 1.807) is 13.2 Å². The minimum atomic E-state index is 0.0553. The van der Waals surface area contributed by atoms with Gasteiger partial charge >= 0.3 is 0 Å². The van der Waals surface area contributed by atoms with Crippen molar-refractivity contribution in [1.29, 1.82) is 0 Å². The highest BCUT2D eigenvalue weighted by Crippen LogP contribution is 2.26. The van der Waals surface area contributed by atoms with Crippen LogP contribution in [0.2, 0.25) is 10.0 Å². The van der Waals surface area contributed by atoms with Crippen molar-refractivity contribution in [1.82, 2.24) is 0 Å². The van der Waals surface area contributed by atoms with E-state index >= 15 is 0 Å². The highest BCUT2D eigenvalue weighted by Gasteiger charge is 2.05. The van der Waals surface area contributed by atoms with Crippen LogP contribution in [0.5, 0.6) is 0 Å². The van der Waals surface area contributed by atoms with Crippen LogP contribution in [-0.4, -0.2) is 7.11 Å². The van der Waals surface area contributed by atoms with Crippen LogP contribution in [0.1, 0.15) is 18.6 Å². The van der Waals surface area contributed by atoms with Gasteiger partial charge in [-0.25, -0.2) is 0 Å². The summed E-state index contributed by atoms with van der Waals surface area (Å²) in [6, 6.07) is 5.50. The number of hydrogen-bond acceptors (Lipinski definition) is 1. The first-order valence-corrected chi connectivity index (χ1v) is 4.38. The maximum Gasteiger partial charge on any atom is 0.0793 e. The van der Waals surface area contributed by atoms with Gasteiger partial charge in [0, 0.05) is 7.11 Å². The van der Waals surface area contributed by atoms with Gasteiger partial charge in [0.05, 0.1) is 16.1 Å². The van der Waals surface area contributed by atoms with Crippen LogP contribution in [0, 0.1) is 0 Å². The molecule has 0 heterocycles. The summed E-state index contributed by atoms with van der Waals surface area (Å²) in [6.45, 7) is 1.96. The molecule has 66 valence electrons. The van der Waals surface area contributed by atoms with Crippen LogP contribution in [-0.2, 0) is 4.74 Å². The zero-order valence-electron chi connectivity index (χ0n) is 6.97. The molecular weight excluding hydrogens is 195 g/mol. The van der Waals surface area contributed by atoms with Gasteiger partial charge in [0.2, 0.25) is 0 Å². The molecule has 1 aromatic rings. The molecule has 0 fully saturated rings. The Hall–Kier alpha value is -0.240. The van der Waals surface area contributed by atoms with Crippen molar-refractivity contribution >= 4 is 23.2 Å². The molecule has 1 aromatic carbocycles. The molecule has 0 aliphatic carbocycles. The number of benzene rings is 1. The average Bonchev–Trinajstić information content (AvgIpc) is 2.08. The Kier molecular flexibility index (Phi) is 3.39. The Balaban J connectivity index is 2.96. The molecule has 0 unspecified atom stereocenters. The highest BCUT2D eigenvalue weighted by molar-refractivity contribution is 6.42. The molecular formula is C9H10Cl2O. The largest absolute Gasteiger partial charge is 0.377 e. The molecule has 1 rings (SSSR count). The predicted octanol–water partition coefficient (Wildman–Crippen LogP) is 3.70. The Morgan fingerprint density at radius 1 is 1.25 bits per heavy atom. The fourth-order valence-corrected chi connectivity index (χ4v) is 1.21. The van der Waals surface area contributed by atoms with Crippen molar-refractivity contribution in [3.05, 3.63) is 33.8 Å². The summed E-state index contributed by atoms with van der Waals surface area (Å²) in [6.07, 6.45) is 0.0553. The highest BCUT2D eigenvalue weighted by atomic mass is 35.5. The van der Waals surface area contributed by atoms with Crippen molar-refractivity contribution in [2.24, 2.45) is 0 Å². The molecule has 0 aliphatic heterocycles. The van der Waals surface area contributed by atoms with E-state index in [0.717, 1.165) is 5.56 Å². The monoisotopic (exact) mass is 204 g/mol. The third-order valence-corrected chi connectivity index (χ3v) is 2.51. The number of rotatable bonds is 2. The smallest absolute Gasteiger partial charge is 0.0793 e. The van der Waals surface area contributed by atoms with E-state index in [9.17, 15) is 0 Å². The topological polar surface area (TPSA) is 9.23 Å². The quantitative estimate of drug-likeness (QED) is 0.715. The van der Waals surface area contributed by atoms with Crippen LogP contribution in [0.4, 0.5) is 0 Å². The van der Waals surface area contributed by atoms with Crippen molar-refractivity contribution in [2.45, 2.75) is 13.0 Å². The third kappa shape index (κ3) is 2.13. The van der Waals surface area contributed by atoms with Crippen molar-refractivity contribution < 1.29 is 4.74 Å². The maximum absolute atomic E-state index is 5.83. The second kappa shape index (κ2) is 4.13. The van der Waals surface area contributed by atoms with E-state index in [1.807, 2.05) is 19.1 Å². The molecule has 1 atom stereocenters. The summed E-state index contributed by atoms with van der Waals surface area (Å²) < 4.78 is 5.13. The lowest BCUT2D eigenvalue weighted by Gasteiger charge is -2.09. The Bertz CT molecular complexity index is 273. The van der Waals surface area contributed by atoms with E-state index in [4.69, 9.17) is 27.9 Å². The molecule has 0 saturated heterocycles. The van der Waals surface area contributed by atoms with Crippen molar-refractivity contribution in [2.75, 3.05) is 7.11 Å². The predicted molar refractivity (Wildman–Crippen MR) is 51.9 cm³/mol. The minimum Gasteiger partial charge on any atom is -0.377 e. The van der Waals surface area contributed by atoms with Gasteiger partial charge in [-0.3, -0.25) is 0 Å². The summed E-state index contributed by atoms with van der Waals surface area (Å²) >= 11 is 11.6. The second-order valence-electron chi connectivity index (χ2n) is 2.55. The van der Waals surface area contributed by atoms with Crippen LogP contribution in [0.15, 0.2) is 18.2 Å². The van der Waals surface area contributed by atoms with Gasteiger partial charge in [0.25, 0.3) is 0 Å². The fourth-order valence-electron chi connectivity index (χ4n) is 0.901. The first kappa shape index (κ1) is 9.85. The SMILES string of the molecule is CO[C@@H](C)c1ccc(Cl)c(Cl)c1. The molecule has 0 amide bonds. The Morgan fingerprint density at radius 3 is 2.42 bits per heavy atom. The zero-order valence-corrected chi connectivity index (χ0v) is 8.49. The van der Waals surface area contributed by atoms with Crippen molar-refractivity contribution in [3.63, 3.8) is 0 Å². The van der Waals surface area contributed by atoms with Gasteiger partial charge in [-0.15, -0.1) is 0 Å². The van der Waals surface area contributed by atoms with Crippen LogP contribution in [0.3, 0.4) is 0 Å². The van der Waals surface area contributed by atoms with Crippen molar-refractivity contribution in [3.8, 4) is 0 Å². The van der Waals surface area contributed by atoms with E-state index in [2.05, 4.69) is 0 Å². The van der Waals surface area contributed by atoms with Gasteiger partial charge in [0.15, 0.2) is 0 Å². The summed E-state index contributed by atoms with van der Waals surface area (Å²) in [4.78, 5) is 0. The third-order valence-electron chi connectivity index (χ3n) is 1.77. The van der Waals surface area contributed by atoms with E-state index in [0.29, 0.717) is 10.0 Å². The first-order chi connectivity index (χ1) is 5.65. The summed E-state index contributed by atoms with van der Waals surface area (Å²) in [5.41, 5.74) is 1.03. The molecule has 0 radical (unpaired) electrons. The number of halogens is 2. The Morgan fingerprint density at radius 2 is 1.92 bits per heavy atom. The molecule has 0 saturated carbocycles. The lowest BCUT2D eigenvalue weighted by Crippen LogP contribution is -1.94.